The van der Waals surface area contributed by atoms with E-state index in [1.165, 1.54) is 29.2 Å². The molecule has 29 heavy (non-hydrogen) atoms. The third kappa shape index (κ3) is 5.47. The third-order valence-corrected chi connectivity index (χ3v) is 5.55. The summed E-state index contributed by atoms with van der Waals surface area (Å²) in [6, 6.07) is 4.69. The number of sulfone groups is 1. The Balaban J connectivity index is 1.59. The van der Waals surface area contributed by atoms with Crippen LogP contribution >= 0.6 is 0 Å². The largest absolute Gasteiger partial charge is 0.488 e. The Morgan fingerprint density at radius 3 is 2.79 bits per heavy atom. The van der Waals surface area contributed by atoms with Gasteiger partial charge in [-0.3, -0.25) is 10.1 Å². The number of nitrogens with one attached hydrogen (secondary N) is 1. The maximum Gasteiger partial charge on any atom is 0.324 e. The van der Waals surface area contributed by atoms with Crippen molar-refractivity contribution in [2.24, 2.45) is 0 Å². The second kappa shape index (κ2) is 8.51. The number of aromatic nitrogens is 2. The van der Waals surface area contributed by atoms with Gasteiger partial charge in [-0.1, -0.05) is 11.2 Å². The summed E-state index contributed by atoms with van der Waals surface area (Å²) in [7, 11) is -3.76. The van der Waals surface area contributed by atoms with Crippen molar-refractivity contribution in [3.8, 4) is 5.75 Å². The molecule has 3 amide bonds. The Kier molecular flexibility index (Phi) is 6.06. The van der Waals surface area contributed by atoms with Gasteiger partial charge in [0.05, 0.1) is 17.2 Å². The molecule has 1 aliphatic heterocycles. The Hall–Kier alpha value is -3.09. The first-order valence-electron chi connectivity index (χ1n) is 8.37. The van der Waals surface area contributed by atoms with Crippen molar-refractivity contribution in [3.05, 3.63) is 36.0 Å². The first kappa shape index (κ1) is 20.6. The molecule has 0 atom stereocenters. The number of benzene rings is 1. The topological polar surface area (TPSA) is 132 Å². The van der Waals surface area contributed by atoms with Crippen molar-refractivity contribution < 1.29 is 36.0 Å². The Bertz CT molecular complexity index is 1010. The van der Waals surface area contributed by atoms with E-state index in [9.17, 15) is 26.8 Å². The maximum absolute atomic E-state index is 12.5. The monoisotopic (exact) mass is 430 g/mol. The second-order valence-corrected chi connectivity index (χ2v) is 8.17. The highest BCUT2D eigenvalue weighted by Gasteiger charge is 2.28. The summed E-state index contributed by atoms with van der Waals surface area (Å²) in [5, 5.41) is 5.77. The van der Waals surface area contributed by atoms with Gasteiger partial charge in [0.25, 0.3) is 6.43 Å². The highest BCUT2D eigenvalue weighted by Crippen LogP contribution is 2.20. The van der Waals surface area contributed by atoms with Gasteiger partial charge in [-0.05, 0) is 18.2 Å². The molecular weight excluding hydrogens is 414 g/mol. The summed E-state index contributed by atoms with van der Waals surface area (Å²) in [5.41, 5.74) is 0. The standard InChI is InChI=1S/C16H16F2N4O6S/c17-12(18)9-27-10-2-1-3-11(6-10)29(25,26)5-4-15-19-13(21-28-15)7-22-8-14(23)20-16(22)24/h1-3,6,12H,4-5,7-9H2,(H,20,23,24). The lowest BCUT2D eigenvalue weighted by molar-refractivity contribution is -0.118. The first-order valence-corrected chi connectivity index (χ1v) is 10.0. The summed E-state index contributed by atoms with van der Waals surface area (Å²) in [6.45, 7) is -1.02. The van der Waals surface area contributed by atoms with Gasteiger partial charge in [0, 0.05) is 6.42 Å². The van der Waals surface area contributed by atoms with Crippen LogP contribution in [0.2, 0.25) is 0 Å². The van der Waals surface area contributed by atoms with Gasteiger partial charge in [-0.15, -0.1) is 0 Å². The minimum absolute atomic E-state index is 0.0184. The molecule has 13 heteroatoms. The minimum Gasteiger partial charge on any atom is -0.488 e. The van der Waals surface area contributed by atoms with Crippen LogP contribution in [-0.2, 0) is 27.6 Å². The number of aryl methyl sites for hydroxylation is 1. The molecule has 0 aliphatic carbocycles. The number of amides is 3. The molecule has 156 valence electrons. The highest BCUT2D eigenvalue weighted by atomic mass is 32.2. The molecule has 3 rings (SSSR count). The fourth-order valence-electron chi connectivity index (χ4n) is 2.49. The van der Waals surface area contributed by atoms with E-state index >= 15 is 0 Å². The molecule has 1 aliphatic rings. The highest BCUT2D eigenvalue weighted by molar-refractivity contribution is 7.91. The van der Waals surface area contributed by atoms with Crippen molar-refractivity contribution in [1.82, 2.24) is 20.4 Å². The molecule has 1 fully saturated rings. The van der Waals surface area contributed by atoms with Gasteiger partial charge in [0.15, 0.2) is 15.7 Å². The minimum atomic E-state index is -3.76. The van der Waals surface area contributed by atoms with Crippen LogP contribution in [0.4, 0.5) is 13.6 Å². The lowest BCUT2D eigenvalue weighted by atomic mass is 10.3. The van der Waals surface area contributed by atoms with Gasteiger partial charge in [-0.25, -0.2) is 22.0 Å². The number of ether oxygens (including phenoxy) is 1. The predicted octanol–water partition coefficient (Wildman–Crippen LogP) is 0.782. The number of hydrogen-bond donors (Lipinski definition) is 1. The lowest BCUT2D eigenvalue weighted by Crippen LogP contribution is -2.28. The number of hydrogen-bond acceptors (Lipinski definition) is 8. The Labute approximate surface area is 163 Å². The molecule has 10 nitrogen and oxygen atoms in total. The van der Waals surface area contributed by atoms with E-state index in [-0.39, 0.29) is 47.6 Å². The van der Waals surface area contributed by atoms with Gasteiger partial charge >= 0.3 is 6.03 Å². The van der Waals surface area contributed by atoms with Crippen molar-refractivity contribution in [2.45, 2.75) is 24.3 Å². The molecule has 2 aromatic rings. The first-order chi connectivity index (χ1) is 13.7. The van der Waals surface area contributed by atoms with Crippen LogP contribution in [0.25, 0.3) is 0 Å². The van der Waals surface area contributed by atoms with E-state index in [1.807, 2.05) is 0 Å². The maximum atomic E-state index is 12.5. The fraction of sp³-hybridized carbons (Fsp3) is 0.375. The van der Waals surface area contributed by atoms with Crippen molar-refractivity contribution in [3.63, 3.8) is 0 Å². The van der Waals surface area contributed by atoms with Gasteiger partial charge in [-0.2, -0.15) is 4.98 Å². The van der Waals surface area contributed by atoms with E-state index < -0.39 is 34.8 Å². The Morgan fingerprint density at radius 2 is 2.10 bits per heavy atom. The average molecular weight is 430 g/mol. The third-order valence-electron chi connectivity index (χ3n) is 3.84. The van der Waals surface area contributed by atoms with Crippen LogP contribution in [0, 0.1) is 0 Å². The van der Waals surface area contributed by atoms with Gasteiger partial charge in [0.1, 0.15) is 18.9 Å². The zero-order valence-electron chi connectivity index (χ0n) is 14.9. The smallest absolute Gasteiger partial charge is 0.324 e. The summed E-state index contributed by atoms with van der Waals surface area (Å²) >= 11 is 0. The molecule has 1 N–H and O–H groups in total. The molecule has 0 saturated carbocycles. The quantitative estimate of drug-likeness (QED) is 0.578. The van der Waals surface area contributed by atoms with Crippen LogP contribution in [0.3, 0.4) is 0 Å². The van der Waals surface area contributed by atoms with E-state index in [4.69, 9.17) is 9.26 Å². The summed E-state index contributed by atoms with van der Waals surface area (Å²) in [6.07, 6.45) is -2.77. The molecule has 1 aromatic carbocycles. The second-order valence-electron chi connectivity index (χ2n) is 6.06. The molecule has 1 saturated heterocycles. The van der Waals surface area contributed by atoms with Crippen LogP contribution in [0.15, 0.2) is 33.7 Å². The predicted molar refractivity (Wildman–Crippen MR) is 91.9 cm³/mol. The Morgan fingerprint density at radius 1 is 1.31 bits per heavy atom. The summed E-state index contributed by atoms with van der Waals surface area (Å²) < 4.78 is 59.2. The average Bonchev–Trinajstić information content (AvgIpc) is 3.24. The number of carbonyl (C=O) groups excluding carboxylic acids is 2. The molecule has 2 heterocycles. The van der Waals surface area contributed by atoms with E-state index in [0.29, 0.717) is 0 Å². The number of halogens is 2. The van der Waals surface area contributed by atoms with Crippen molar-refractivity contribution >= 4 is 21.8 Å². The molecule has 0 spiro atoms. The lowest BCUT2D eigenvalue weighted by Gasteiger charge is -2.08. The SMILES string of the molecule is O=C1CN(Cc2noc(CCS(=O)(=O)c3cccc(OCC(F)F)c3)n2)C(=O)N1. The molecular formula is C16H16F2N4O6S. The van der Waals surface area contributed by atoms with E-state index in [2.05, 4.69) is 15.5 Å². The van der Waals surface area contributed by atoms with Crippen LogP contribution in [0.1, 0.15) is 11.7 Å². The summed E-state index contributed by atoms with van der Waals surface area (Å²) in [5.74, 6) is -0.617. The van der Waals surface area contributed by atoms with Gasteiger partial charge in [0.2, 0.25) is 11.8 Å². The number of rotatable bonds is 9. The number of alkyl halides is 2. The van der Waals surface area contributed by atoms with Crippen LogP contribution in [0.5, 0.6) is 5.75 Å². The van der Waals surface area contributed by atoms with E-state index in [1.54, 1.807) is 0 Å². The van der Waals surface area contributed by atoms with Gasteiger partial charge < -0.3 is 14.2 Å². The zero-order valence-corrected chi connectivity index (χ0v) is 15.7. The molecule has 0 radical (unpaired) electrons. The van der Waals surface area contributed by atoms with Crippen molar-refractivity contribution in [2.75, 3.05) is 18.9 Å². The number of imide groups is 1. The number of nitrogens with zero attached hydrogens (tertiary/aromatic N) is 3. The molecule has 0 bridgehead atoms. The molecule has 1 aromatic heterocycles. The fourth-order valence-corrected chi connectivity index (χ4v) is 3.75. The molecule has 0 unspecified atom stereocenters. The number of urea groups is 1. The number of carbonyl (C=O) groups is 2. The normalized spacial score (nSPS) is 14.5. The van der Waals surface area contributed by atoms with Crippen LogP contribution < -0.4 is 10.1 Å². The van der Waals surface area contributed by atoms with E-state index in [0.717, 1.165) is 0 Å². The summed E-state index contributed by atoms with van der Waals surface area (Å²) in [4.78, 5) is 27.8. The van der Waals surface area contributed by atoms with Crippen LogP contribution in [-0.4, -0.2) is 60.7 Å². The zero-order chi connectivity index (χ0) is 21.0. The van der Waals surface area contributed by atoms with Crippen molar-refractivity contribution in [1.29, 1.82) is 0 Å².